The largest absolute Gasteiger partial charge is 0.481 e. The van der Waals surface area contributed by atoms with Crippen molar-refractivity contribution in [3.05, 3.63) is 0 Å². The number of rotatable bonds is 4. The van der Waals surface area contributed by atoms with Gasteiger partial charge < -0.3 is 10.0 Å². The van der Waals surface area contributed by atoms with Crippen LogP contribution in [0.15, 0.2) is 0 Å². The van der Waals surface area contributed by atoms with Crippen LogP contribution in [0.2, 0.25) is 0 Å². The lowest BCUT2D eigenvalue weighted by Gasteiger charge is -2.38. The topological polar surface area (TPSA) is 40.5 Å². The molecule has 1 aliphatic carbocycles. The standard InChI is InChI=1S/C16H29NO2/c1-3-13-5-4-6-14(8-13)10-17-9-12(2)7-15(11-17)16(18)19/h12-15H,3-11H2,1-2H3,(H,18,19). The van der Waals surface area contributed by atoms with Gasteiger partial charge in [-0.25, -0.2) is 0 Å². The molecule has 1 N–H and O–H groups in total. The molecule has 0 bridgehead atoms. The molecule has 1 saturated carbocycles. The summed E-state index contributed by atoms with van der Waals surface area (Å²) in [5, 5.41) is 9.23. The van der Waals surface area contributed by atoms with E-state index in [1.54, 1.807) is 0 Å². The van der Waals surface area contributed by atoms with E-state index in [1.165, 1.54) is 32.1 Å². The fraction of sp³-hybridized carbons (Fsp3) is 0.938. The second-order valence-corrected chi connectivity index (χ2v) is 6.90. The van der Waals surface area contributed by atoms with E-state index in [4.69, 9.17) is 0 Å². The summed E-state index contributed by atoms with van der Waals surface area (Å²) in [6, 6.07) is 0. The molecule has 0 amide bonds. The maximum absolute atomic E-state index is 11.2. The molecule has 0 aromatic rings. The van der Waals surface area contributed by atoms with Crippen LogP contribution < -0.4 is 0 Å². The van der Waals surface area contributed by atoms with Crippen molar-refractivity contribution >= 4 is 5.97 Å². The Bertz CT molecular complexity index is 305. The third-order valence-corrected chi connectivity index (χ3v) is 5.07. The minimum atomic E-state index is -0.605. The van der Waals surface area contributed by atoms with Crippen LogP contribution in [0.5, 0.6) is 0 Å². The lowest BCUT2D eigenvalue weighted by molar-refractivity contribution is -0.144. The monoisotopic (exact) mass is 267 g/mol. The van der Waals surface area contributed by atoms with Crippen LogP contribution in [0, 0.1) is 23.7 Å². The fourth-order valence-electron chi connectivity index (χ4n) is 4.09. The SMILES string of the molecule is CCC1CCCC(CN2CC(C)CC(C(=O)O)C2)C1. The predicted octanol–water partition coefficient (Wildman–Crippen LogP) is 3.25. The van der Waals surface area contributed by atoms with Gasteiger partial charge in [0, 0.05) is 19.6 Å². The van der Waals surface area contributed by atoms with Gasteiger partial charge in [0.2, 0.25) is 0 Å². The van der Waals surface area contributed by atoms with E-state index >= 15 is 0 Å². The zero-order valence-corrected chi connectivity index (χ0v) is 12.5. The molecule has 4 unspecified atom stereocenters. The lowest BCUT2D eigenvalue weighted by Crippen LogP contribution is -2.44. The van der Waals surface area contributed by atoms with Gasteiger partial charge in [0.15, 0.2) is 0 Å². The normalized spacial score (nSPS) is 37.2. The molecular formula is C16H29NO2. The minimum absolute atomic E-state index is 0.144. The van der Waals surface area contributed by atoms with E-state index in [-0.39, 0.29) is 5.92 Å². The number of nitrogens with zero attached hydrogens (tertiary/aromatic N) is 1. The molecular weight excluding hydrogens is 238 g/mol. The Balaban J connectivity index is 1.85. The lowest BCUT2D eigenvalue weighted by atomic mass is 9.79. The van der Waals surface area contributed by atoms with Gasteiger partial charge in [-0.05, 0) is 37.0 Å². The van der Waals surface area contributed by atoms with Crippen LogP contribution in [0.25, 0.3) is 0 Å². The van der Waals surface area contributed by atoms with Crippen molar-refractivity contribution < 1.29 is 9.90 Å². The van der Waals surface area contributed by atoms with Crippen LogP contribution in [0.1, 0.15) is 52.4 Å². The number of likely N-dealkylation sites (tertiary alicyclic amines) is 1. The van der Waals surface area contributed by atoms with Gasteiger partial charge in [-0.1, -0.05) is 33.1 Å². The quantitative estimate of drug-likeness (QED) is 0.850. The van der Waals surface area contributed by atoms with Gasteiger partial charge in [-0.3, -0.25) is 4.79 Å². The molecule has 3 heteroatoms. The number of carboxylic acid groups (broad SMARTS) is 1. The highest BCUT2D eigenvalue weighted by Gasteiger charge is 2.31. The fourth-order valence-corrected chi connectivity index (χ4v) is 4.09. The molecule has 1 heterocycles. The van der Waals surface area contributed by atoms with Crippen molar-refractivity contribution in [1.82, 2.24) is 4.90 Å². The van der Waals surface area contributed by atoms with E-state index in [0.717, 1.165) is 37.9 Å². The smallest absolute Gasteiger partial charge is 0.307 e. The number of aliphatic carboxylic acids is 1. The first-order valence-electron chi connectivity index (χ1n) is 8.03. The summed E-state index contributed by atoms with van der Waals surface area (Å²) < 4.78 is 0. The highest BCUT2D eigenvalue weighted by molar-refractivity contribution is 5.70. The highest BCUT2D eigenvalue weighted by atomic mass is 16.4. The van der Waals surface area contributed by atoms with Crippen LogP contribution in [-0.2, 0) is 4.79 Å². The summed E-state index contributed by atoms with van der Waals surface area (Å²) in [6.45, 7) is 7.49. The Morgan fingerprint density at radius 3 is 2.63 bits per heavy atom. The maximum Gasteiger partial charge on any atom is 0.307 e. The summed E-state index contributed by atoms with van der Waals surface area (Å²) in [5.74, 6) is 1.50. The average Bonchev–Trinajstić information content (AvgIpc) is 2.38. The predicted molar refractivity (Wildman–Crippen MR) is 77.1 cm³/mol. The van der Waals surface area contributed by atoms with E-state index in [9.17, 15) is 9.90 Å². The van der Waals surface area contributed by atoms with Crippen molar-refractivity contribution in [2.45, 2.75) is 52.4 Å². The minimum Gasteiger partial charge on any atom is -0.481 e. The summed E-state index contributed by atoms with van der Waals surface area (Å²) in [6.07, 6.45) is 7.65. The second-order valence-electron chi connectivity index (χ2n) is 6.90. The van der Waals surface area contributed by atoms with E-state index in [2.05, 4.69) is 18.7 Å². The zero-order valence-electron chi connectivity index (χ0n) is 12.5. The zero-order chi connectivity index (χ0) is 13.8. The van der Waals surface area contributed by atoms with E-state index in [0.29, 0.717) is 5.92 Å². The van der Waals surface area contributed by atoms with Crippen molar-refractivity contribution in [2.75, 3.05) is 19.6 Å². The van der Waals surface area contributed by atoms with Crippen molar-refractivity contribution in [1.29, 1.82) is 0 Å². The van der Waals surface area contributed by atoms with Gasteiger partial charge in [0.05, 0.1) is 5.92 Å². The Morgan fingerprint density at radius 2 is 1.95 bits per heavy atom. The molecule has 4 atom stereocenters. The van der Waals surface area contributed by atoms with Gasteiger partial charge in [-0.2, -0.15) is 0 Å². The molecule has 2 aliphatic rings. The molecule has 2 fully saturated rings. The number of carbonyl (C=O) groups is 1. The molecule has 0 aromatic heterocycles. The third kappa shape index (κ3) is 4.20. The first kappa shape index (κ1) is 14.8. The molecule has 19 heavy (non-hydrogen) atoms. The molecule has 0 radical (unpaired) electrons. The highest BCUT2D eigenvalue weighted by Crippen LogP contribution is 2.32. The third-order valence-electron chi connectivity index (χ3n) is 5.07. The van der Waals surface area contributed by atoms with Gasteiger partial charge in [0.1, 0.15) is 0 Å². The van der Waals surface area contributed by atoms with E-state index in [1.807, 2.05) is 0 Å². The molecule has 0 aromatic carbocycles. The van der Waals surface area contributed by atoms with Crippen LogP contribution in [0.3, 0.4) is 0 Å². The summed E-state index contributed by atoms with van der Waals surface area (Å²) in [5.41, 5.74) is 0. The number of piperidine rings is 1. The molecule has 1 saturated heterocycles. The number of hydrogen-bond donors (Lipinski definition) is 1. The second kappa shape index (κ2) is 6.74. The number of hydrogen-bond acceptors (Lipinski definition) is 2. The summed E-state index contributed by atoms with van der Waals surface area (Å²) in [4.78, 5) is 13.6. The molecule has 0 spiro atoms. The van der Waals surface area contributed by atoms with Crippen LogP contribution in [-0.4, -0.2) is 35.6 Å². The van der Waals surface area contributed by atoms with Gasteiger partial charge in [-0.15, -0.1) is 0 Å². The maximum atomic E-state index is 11.2. The van der Waals surface area contributed by atoms with Gasteiger partial charge in [0.25, 0.3) is 0 Å². The van der Waals surface area contributed by atoms with E-state index < -0.39 is 5.97 Å². The van der Waals surface area contributed by atoms with Crippen molar-refractivity contribution in [3.63, 3.8) is 0 Å². The van der Waals surface area contributed by atoms with Crippen LogP contribution >= 0.6 is 0 Å². The molecule has 2 rings (SSSR count). The summed E-state index contributed by atoms with van der Waals surface area (Å²) >= 11 is 0. The molecule has 3 nitrogen and oxygen atoms in total. The van der Waals surface area contributed by atoms with Crippen LogP contribution in [0.4, 0.5) is 0 Å². The average molecular weight is 267 g/mol. The molecule has 1 aliphatic heterocycles. The van der Waals surface area contributed by atoms with Gasteiger partial charge >= 0.3 is 5.97 Å². The molecule has 110 valence electrons. The van der Waals surface area contributed by atoms with Crippen molar-refractivity contribution in [2.24, 2.45) is 23.7 Å². The Morgan fingerprint density at radius 1 is 1.21 bits per heavy atom. The number of carboxylic acids is 1. The Hall–Kier alpha value is -0.570. The van der Waals surface area contributed by atoms with Crippen molar-refractivity contribution in [3.8, 4) is 0 Å². The Labute approximate surface area is 117 Å². The first-order chi connectivity index (χ1) is 9.08. The summed E-state index contributed by atoms with van der Waals surface area (Å²) in [7, 11) is 0. The Kier molecular flexibility index (Phi) is 5.26. The first-order valence-corrected chi connectivity index (χ1v) is 8.03.